The number of benzene rings is 1. The Morgan fingerprint density at radius 2 is 2.32 bits per heavy atom. The quantitative estimate of drug-likeness (QED) is 0.787. The average molecular weight is 274 g/mol. The molecule has 4 nitrogen and oxygen atoms in total. The van der Waals surface area contributed by atoms with Gasteiger partial charge < -0.3 is 9.30 Å². The summed E-state index contributed by atoms with van der Waals surface area (Å²) in [4.78, 5) is 11.6. The Bertz CT molecular complexity index is 652. The van der Waals surface area contributed by atoms with E-state index in [9.17, 15) is 4.79 Å². The summed E-state index contributed by atoms with van der Waals surface area (Å²) in [5.74, 6) is 0.688. The van der Waals surface area contributed by atoms with Crippen molar-refractivity contribution in [2.45, 2.75) is 19.9 Å². The molecule has 1 aromatic heterocycles. The third-order valence-electron chi connectivity index (χ3n) is 2.73. The minimum atomic E-state index is 0.0731. The van der Waals surface area contributed by atoms with E-state index in [1.54, 1.807) is 22.8 Å². The topological polar surface area (TPSA) is 55.0 Å². The fourth-order valence-corrected chi connectivity index (χ4v) is 2.50. The molecule has 1 aromatic carbocycles. The van der Waals surface area contributed by atoms with Gasteiger partial charge in [-0.05, 0) is 31.5 Å². The van der Waals surface area contributed by atoms with Crippen molar-refractivity contribution in [2.24, 2.45) is 0 Å². The van der Waals surface area contributed by atoms with E-state index >= 15 is 0 Å². The Kier molecular flexibility index (Phi) is 4.37. The average Bonchev–Trinajstić information content (AvgIpc) is 2.75. The van der Waals surface area contributed by atoms with Gasteiger partial charge in [-0.3, -0.25) is 4.79 Å². The van der Waals surface area contributed by atoms with Gasteiger partial charge in [0.15, 0.2) is 0 Å². The molecule has 2 aromatic rings. The van der Waals surface area contributed by atoms with Crippen LogP contribution < -0.4 is 9.61 Å². The Labute approximate surface area is 115 Å². The number of thiazole rings is 1. The third-order valence-corrected chi connectivity index (χ3v) is 3.62. The molecule has 0 amide bonds. The summed E-state index contributed by atoms with van der Waals surface area (Å²) in [7, 11) is 0. The SMILES string of the molecule is Cc1csc(=O)n1CCCOc1cccc(C#N)c1. The molecule has 19 heavy (non-hydrogen) atoms. The van der Waals surface area contributed by atoms with Crippen molar-refractivity contribution in [3.8, 4) is 11.8 Å². The van der Waals surface area contributed by atoms with Crippen LogP contribution in [0.15, 0.2) is 34.4 Å². The maximum absolute atomic E-state index is 11.5. The summed E-state index contributed by atoms with van der Waals surface area (Å²) < 4.78 is 7.31. The predicted octanol–water partition coefficient (Wildman–Crippen LogP) is 2.56. The van der Waals surface area contributed by atoms with Crippen molar-refractivity contribution in [3.05, 3.63) is 50.6 Å². The van der Waals surface area contributed by atoms with Crippen LogP contribution in [0.1, 0.15) is 17.7 Å². The molecule has 0 fully saturated rings. The molecule has 5 heteroatoms. The highest BCUT2D eigenvalue weighted by atomic mass is 32.1. The highest BCUT2D eigenvalue weighted by Crippen LogP contribution is 2.12. The molecular weight excluding hydrogens is 260 g/mol. The minimum absolute atomic E-state index is 0.0731. The van der Waals surface area contributed by atoms with Crippen LogP contribution in [-0.4, -0.2) is 11.2 Å². The summed E-state index contributed by atoms with van der Waals surface area (Å²) in [6.07, 6.45) is 0.758. The van der Waals surface area contributed by atoms with E-state index in [2.05, 4.69) is 6.07 Å². The summed E-state index contributed by atoms with van der Waals surface area (Å²) in [5.41, 5.74) is 1.57. The van der Waals surface area contributed by atoms with Gasteiger partial charge in [-0.25, -0.2) is 0 Å². The number of hydrogen-bond donors (Lipinski definition) is 0. The van der Waals surface area contributed by atoms with Crippen molar-refractivity contribution >= 4 is 11.3 Å². The lowest BCUT2D eigenvalue weighted by molar-refractivity contribution is 0.301. The largest absolute Gasteiger partial charge is 0.493 e. The zero-order chi connectivity index (χ0) is 13.7. The number of rotatable bonds is 5. The van der Waals surface area contributed by atoms with Crippen LogP contribution in [-0.2, 0) is 6.54 Å². The van der Waals surface area contributed by atoms with Gasteiger partial charge >= 0.3 is 4.87 Å². The Morgan fingerprint density at radius 3 is 3.00 bits per heavy atom. The van der Waals surface area contributed by atoms with Crippen LogP contribution in [0.3, 0.4) is 0 Å². The standard InChI is InChI=1S/C14H14N2O2S/c1-11-10-19-14(17)16(11)6-3-7-18-13-5-2-4-12(8-13)9-15/h2,4-5,8,10H,3,6-7H2,1H3. The molecule has 0 atom stereocenters. The van der Waals surface area contributed by atoms with Crippen molar-refractivity contribution in [3.63, 3.8) is 0 Å². The molecule has 0 saturated carbocycles. The molecule has 1 heterocycles. The molecule has 98 valence electrons. The highest BCUT2D eigenvalue weighted by Gasteiger charge is 2.02. The predicted molar refractivity (Wildman–Crippen MR) is 74.6 cm³/mol. The molecule has 0 radical (unpaired) electrons. The number of hydrogen-bond acceptors (Lipinski definition) is 4. The molecule has 2 rings (SSSR count). The lowest BCUT2D eigenvalue weighted by atomic mass is 10.2. The smallest absolute Gasteiger partial charge is 0.307 e. The van der Waals surface area contributed by atoms with E-state index < -0.39 is 0 Å². The monoisotopic (exact) mass is 274 g/mol. The first-order valence-electron chi connectivity index (χ1n) is 5.98. The number of nitrogens with zero attached hydrogens (tertiary/aromatic N) is 2. The number of ether oxygens (including phenoxy) is 1. The van der Waals surface area contributed by atoms with E-state index in [4.69, 9.17) is 10.00 Å². The lowest BCUT2D eigenvalue weighted by Gasteiger charge is -2.07. The number of aromatic nitrogens is 1. The van der Waals surface area contributed by atoms with Crippen LogP contribution in [0, 0.1) is 18.3 Å². The lowest BCUT2D eigenvalue weighted by Crippen LogP contribution is -2.16. The molecule has 0 aliphatic heterocycles. The van der Waals surface area contributed by atoms with Crippen LogP contribution in [0.2, 0.25) is 0 Å². The molecule has 0 aliphatic rings. The second-order valence-electron chi connectivity index (χ2n) is 4.14. The zero-order valence-corrected chi connectivity index (χ0v) is 11.4. The van der Waals surface area contributed by atoms with Gasteiger partial charge in [0.1, 0.15) is 5.75 Å². The van der Waals surface area contributed by atoms with E-state index in [1.165, 1.54) is 11.3 Å². The normalized spacial score (nSPS) is 10.1. The van der Waals surface area contributed by atoms with E-state index in [0.717, 1.165) is 12.1 Å². The van der Waals surface area contributed by atoms with Crippen molar-refractivity contribution < 1.29 is 4.74 Å². The molecular formula is C14H14N2O2S. The summed E-state index contributed by atoms with van der Waals surface area (Å²) in [5, 5.41) is 10.6. The Morgan fingerprint density at radius 1 is 1.47 bits per heavy atom. The minimum Gasteiger partial charge on any atom is -0.493 e. The van der Waals surface area contributed by atoms with Gasteiger partial charge in [-0.2, -0.15) is 5.26 Å². The first kappa shape index (κ1) is 13.4. The molecule has 0 saturated heterocycles. The van der Waals surface area contributed by atoms with Crippen LogP contribution >= 0.6 is 11.3 Å². The molecule has 0 unspecified atom stereocenters. The molecule has 0 N–H and O–H groups in total. The van der Waals surface area contributed by atoms with Gasteiger partial charge in [0.25, 0.3) is 0 Å². The third kappa shape index (κ3) is 3.46. The van der Waals surface area contributed by atoms with Gasteiger partial charge in [0.05, 0.1) is 18.2 Å². The number of aryl methyl sites for hydroxylation is 1. The maximum Gasteiger partial charge on any atom is 0.307 e. The van der Waals surface area contributed by atoms with Crippen LogP contribution in [0.25, 0.3) is 0 Å². The fraction of sp³-hybridized carbons (Fsp3) is 0.286. The second-order valence-corrected chi connectivity index (χ2v) is 4.96. The molecule has 0 spiro atoms. The van der Waals surface area contributed by atoms with Crippen molar-refractivity contribution in [1.29, 1.82) is 5.26 Å². The van der Waals surface area contributed by atoms with E-state index in [1.807, 2.05) is 18.4 Å². The van der Waals surface area contributed by atoms with Gasteiger partial charge in [-0.15, -0.1) is 0 Å². The Hall–Kier alpha value is -2.06. The fourth-order valence-electron chi connectivity index (χ4n) is 1.74. The van der Waals surface area contributed by atoms with Crippen molar-refractivity contribution in [1.82, 2.24) is 4.57 Å². The van der Waals surface area contributed by atoms with Crippen LogP contribution in [0.5, 0.6) is 5.75 Å². The first-order chi connectivity index (χ1) is 9.20. The first-order valence-corrected chi connectivity index (χ1v) is 6.86. The maximum atomic E-state index is 11.5. The van der Waals surface area contributed by atoms with Gasteiger partial charge in [0, 0.05) is 17.6 Å². The van der Waals surface area contributed by atoms with Crippen LogP contribution in [0.4, 0.5) is 0 Å². The zero-order valence-electron chi connectivity index (χ0n) is 10.6. The second kappa shape index (κ2) is 6.21. The van der Waals surface area contributed by atoms with E-state index in [-0.39, 0.29) is 4.87 Å². The summed E-state index contributed by atoms with van der Waals surface area (Å²) in [6, 6.07) is 9.13. The molecule has 0 aliphatic carbocycles. The summed E-state index contributed by atoms with van der Waals surface area (Å²) >= 11 is 1.22. The van der Waals surface area contributed by atoms with Gasteiger partial charge in [-0.1, -0.05) is 17.4 Å². The number of nitriles is 1. The highest BCUT2D eigenvalue weighted by molar-refractivity contribution is 7.07. The summed E-state index contributed by atoms with van der Waals surface area (Å²) in [6.45, 7) is 3.11. The van der Waals surface area contributed by atoms with E-state index in [0.29, 0.717) is 24.5 Å². The molecule has 0 bridgehead atoms. The van der Waals surface area contributed by atoms with Gasteiger partial charge in [0.2, 0.25) is 0 Å². The Balaban J connectivity index is 1.84. The van der Waals surface area contributed by atoms with Crippen molar-refractivity contribution in [2.75, 3.05) is 6.61 Å².